The molecule has 1 atom stereocenters. The van der Waals surface area contributed by atoms with Crippen molar-refractivity contribution in [1.29, 1.82) is 0 Å². The number of sulfonamides is 1. The lowest BCUT2D eigenvalue weighted by Crippen LogP contribution is -2.40. The zero-order valence-corrected chi connectivity index (χ0v) is 13.9. The van der Waals surface area contributed by atoms with E-state index in [0.717, 1.165) is 4.31 Å². The fourth-order valence-electron chi connectivity index (χ4n) is 2.36. The lowest BCUT2D eigenvalue weighted by Gasteiger charge is -2.22. The molecule has 1 saturated heterocycles. The Labute approximate surface area is 131 Å². The van der Waals surface area contributed by atoms with Crippen LogP contribution in [-0.2, 0) is 14.8 Å². The second kappa shape index (κ2) is 6.33. The highest BCUT2D eigenvalue weighted by Crippen LogP contribution is 2.33. The summed E-state index contributed by atoms with van der Waals surface area (Å²) in [6, 6.07) is 3.68. The van der Waals surface area contributed by atoms with Gasteiger partial charge in [-0.2, -0.15) is 4.31 Å². The Hall–Kier alpha value is -1.12. The van der Waals surface area contributed by atoms with Crippen molar-refractivity contribution in [2.24, 2.45) is 0 Å². The Bertz CT molecular complexity index is 646. The van der Waals surface area contributed by atoms with Crippen molar-refractivity contribution in [3.63, 3.8) is 0 Å². The minimum absolute atomic E-state index is 0.00752. The van der Waals surface area contributed by atoms with Crippen molar-refractivity contribution in [1.82, 2.24) is 4.31 Å². The number of benzene rings is 1. The minimum atomic E-state index is -3.91. The molecule has 8 heteroatoms. The maximum absolute atomic E-state index is 12.8. The highest BCUT2D eigenvalue weighted by Gasteiger charge is 2.40. The molecule has 116 valence electrons. The second-order valence-electron chi connectivity index (χ2n) is 4.64. The van der Waals surface area contributed by atoms with Crippen molar-refractivity contribution in [3.05, 3.63) is 22.7 Å². The number of hydrogen-bond donors (Lipinski definition) is 1. The molecule has 0 bridgehead atoms. The van der Waals surface area contributed by atoms with Crippen molar-refractivity contribution >= 4 is 31.9 Å². The summed E-state index contributed by atoms with van der Waals surface area (Å²) in [6.07, 6.45) is 0.862. The number of hydrogen-bond acceptors (Lipinski definition) is 4. The highest BCUT2D eigenvalue weighted by molar-refractivity contribution is 9.10. The first kappa shape index (κ1) is 16.3. The van der Waals surface area contributed by atoms with E-state index in [0.29, 0.717) is 23.9 Å². The third kappa shape index (κ3) is 3.22. The monoisotopic (exact) mass is 377 g/mol. The maximum Gasteiger partial charge on any atom is 0.322 e. The van der Waals surface area contributed by atoms with Crippen LogP contribution >= 0.6 is 15.9 Å². The van der Waals surface area contributed by atoms with Crippen molar-refractivity contribution in [2.75, 3.05) is 13.2 Å². The molecule has 0 aliphatic carbocycles. The van der Waals surface area contributed by atoms with Gasteiger partial charge in [0.25, 0.3) is 0 Å². The molecule has 6 nitrogen and oxygen atoms in total. The minimum Gasteiger partial charge on any atom is -0.492 e. The van der Waals surface area contributed by atoms with Gasteiger partial charge in [-0.15, -0.1) is 0 Å². The van der Waals surface area contributed by atoms with Gasteiger partial charge >= 0.3 is 5.97 Å². The third-order valence-corrected chi connectivity index (χ3v) is 5.70. The average molecular weight is 378 g/mol. The number of carboxylic acid groups (broad SMARTS) is 1. The number of nitrogens with zero attached hydrogens (tertiary/aromatic N) is 1. The first-order chi connectivity index (χ1) is 9.87. The molecule has 1 aromatic carbocycles. The van der Waals surface area contributed by atoms with Gasteiger partial charge in [-0.1, -0.05) is 15.9 Å². The molecular formula is C13H16BrNO5S. The van der Waals surface area contributed by atoms with Crippen LogP contribution in [0.4, 0.5) is 0 Å². The van der Waals surface area contributed by atoms with Gasteiger partial charge in [0.15, 0.2) is 0 Å². The summed E-state index contributed by atoms with van der Waals surface area (Å²) in [5.41, 5.74) is 0. The molecule has 0 radical (unpaired) electrons. The standard InChI is InChI=1S/C13H16BrNO5S/c1-2-20-11-6-5-9(14)8-12(11)21(18,19)15-7-3-4-10(15)13(16)17/h5-6,8,10H,2-4,7H2,1H3,(H,16,17). The first-order valence-corrected chi connectivity index (χ1v) is 8.78. The number of rotatable bonds is 5. The van der Waals surface area contributed by atoms with Crippen LogP contribution in [-0.4, -0.2) is 43.0 Å². The molecule has 0 amide bonds. The Morgan fingerprint density at radius 3 is 2.86 bits per heavy atom. The summed E-state index contributed by atoms with van der Waals surface area (Å²) in [6.45, 7) is 2.29. The van der Waals surface area contributed by atoms with E-state index in [1.807, 2.05) is 0 Å². The Morgan fingerprint density at radius 2 is 2.24 bits per heavy atom. The Morgan fingerprint density at radius 1 is 1.52 bits per heavy atom. The number of carboxylic acids is 1. The molecule has 0 aromatic heterocycles. The van der Waals surface area contributed by atoms with Crippen LogP contribution in [0.1, 0.15) is 19.8 Å². The number of ether oxygens (including phenoxy) is 1. The zero-order chi connectivity index (χ0) is 15.6. The van der Waals surface area contributed by atoms with Gasteiger partial charge in [-0.25, -0.2) is 8.42 Å². The van der Waals surface area contributed by atoms with Gasteiger partial charge in [0, 0.05) is 11.0 Å². The molecule has 2 rings (SSSR count). The van der Waals surface area contributed by atoms with Gasteiger partial charge in [0.05, 0.1) is 6.61 Å². The molecule has 1 heterocycles. The van der Waals surface area contributed by atoms with Crippen molar-refractivity contribution < 1.29 is 23.1 Å². The summed E-state index contributed by atoms with van der Waals surface area (Å²) >= 11 is 3.24. The molecule has 1 aliphatic rings. The largest absolute Gasteiger partial charge is 0.492 e. The smallest absolute Gasteiger partial charge is 0.322 e. The van der Waals surface area contributed by atoms with Gasteiger partial charge in [-0.05, 0) is 38.0 Å². The summed E-state index contributed by atoms with van der Waals surface area (Å²) in [5, 5.41) is 9.17. The number of halogens is 1. The number of aliphatic carboxylic acids is 1. The third-order valence-electron chi connectivity index (χ3n) is 3.28. The van der Waals surface area contributed by atoms with Crippen LogP contribution in [0.3, 0.4) is 0 Å². The molecule has 1 aliphatic heterocycles. The average Bonchev–Trinajstić information content (AvgIpc) is 2.91. The SMILES string of the molecule is CCOc1ccc(Br)cc1S(=O)(=O)N1CCCC1C(=O)O. The van der Waals surface area contributed by atoms with Crippen LogP contribution in [0.25, 0.3) is 0 Å². The van der Waals surface area contributed by atoms with Gasteiger partial charge in [0.1, 0.15) is 16.7 Å². The lowest BCUT2D eigenvalue weighted by atomic mass is 10.2. The van der Waals surface area contributed by atoms with Crippen LogP contribution < -0.4 is 4.74 Å². The molecule has 1 aromatic rings. The van der Waals surface area contributed by atoms with Crippen LogP contribution in [0.2, 0.25) is 0 Å². The van der Waals surface area contributed by atoms with Crippen LogP contribution in [0.5, 0.6) is 5.75 Å². The topological polar surface area (TPSA) is 83.9 Å². The summed E-state index contributed by atoms with van der Waals surface area (Å²) in [4.78, 5) is 11.2. The molecule has 0 saturated carbocycles. The normalized spacial score (nSPS) is 19.6. The van der Waals surface area contributed by atoms with Crippen LogP contribution in [0, 0.1) is 0 Å². The van der Waals surface area contributed by atoms with Crippen molar-refractivity contribution in [2.45, 2.75) is 30.7 Å². The van der Waals surface area contributed by atoms with Gasteiger partial charge < -0.3 is 9.84 Å². The molecule has 0 spiro atoms. The van der Waals surface area contributed by atoms with Gasteiger partial charge in [0.2, 0.25) is 10.0 Å². The van der Waals surface area contributed by atoms with E-state index < -0.39 is 22.0 Å². The van der Waals surface area contributed by atoms with E-state index in [2.05, 4.69) is 15.9 Å². The van der Waals surface area contributed by atoms with Crippen molar-refractivity contribution in [3.8, 4) is 5.75 Å². The van der Waals surface area contributed by atoms with Crippen LogP contribution in [0.15, 0.2) is 27.6 Å². The summed E-state index contributed by atoms with van der Waals surface area (Å²) in [7, 11) is -3.91. The van der Waals surface area contributed by atoms with E-state index in [4.69, 9.17) is 4.74 Å². The molecular weight excluding hydrogens is 362 g/mol. The van der Waals surface area contributed by atoms with E-state index in [1.165, 1.54) is 6.07 Å². The van der Waals surface area contributed by atoms with E-state index in [-0.39, 0.29) is 17.2 Å². The predicted molar refractivity (Wildman–Crippen MR) is 79.9 cm³/mol. The zero-order valence-electron chi connectivity index (χ0n) is 11.5. The first-order valence-electron chi connectivity index (χ1n) is 6.55. The fraction of sp³-hybridized carbons (Fsp3) is 0.462. The molecule has 1 unspecified atom stereocenters. The van der Waals surface area contributed by atoms with E-state index in [1.54, 1.807) is 19.1 Å². The molecule has 1 N–H and O–H groups in total. The quantitative estimate of drug-likeness (QED) is 0.848. The highest BCUT2D eigenvalue weighted by atomic mass is 79.9. The predicted octanol–water partition coefficient (Wildman–Crippen LogP) is 2.09. The Kier molecular flexibility index (Phi) is 4.90. The molecule has 1 fully saturated rings. The summed E-state index contributed by atoms with van der Waals surface area (Å²) in [5.74, 6) is -0.888. The summed E-state index contributed by atoms with van der Waals surface area (Å²) < 4.78 is 32.5. The Balaban J connectivity index is 2.48. The molecule has 21 heavy (non-hydrogen) atoms. The van der Waals surface area contributed by atoms with Gasteiger partial charge in [-0.3, -0.25) is 4.79 Å². The fourth-order valence-corrected chi connectivity index (χ4v) is 4.68. The lowest BCUT2D eigenvalue weighted by molar-refractivity contribution is -0.140. The second-order valence-corrected chi connectivity index (χ2v) is 7.41. The number of carbonyl (C=O) groups is 1. The van der Waals surface area contributed by atoms with E-state index >= 15 is 0 Å². The maximum atomic E-state index is 12.8. The van der Waals surface area contributed by atoms with E-state index in [9.17, 15) is 18.3 Å².